The highest BCUT2D eigenvalue weighted by atomic mass is 16.2. The number of rotatable bonds is 5. The molecule has 1 amide bonds. The van der Waals surface area contributed by atoms with Gasteiger partial charge >= 0.3 is 0 Å². The Morgan fingerprint density at radius 3 is 2.41 bits per heavy atom. The lowest BCUT2D eigenvalue weighted by Crippen LogP contribution is -2.65. The number of pyridine rings is 1. The van der Waals surface area contributed by atoms with Crippen LogP contribution in [-0.2, 0) is 6.54 Å². The zero-order chi connectivity index (χ0) is 23.6. The summed E-state index contributed by atoms with van der Waals surface area (Å²) in [6.07, 6.45) is 16.7. The van der Waals surface area contributed by atoms with E-state index in [0.717, 1.165) is 43.7 Å². The first-order chi connectivity index (χ1) is 16.3. The summed E-state index contributed by atoms with van der Waals surface area (Å²) in [4.78, 5) is 27.2. The highest BCUT2D eigenvalue weighted by Crippen LogP contribution is 2.66. The summed E-state index contributed by atoms with van der Waals surface area (Å²) in [5, 5.41) is 4.15. The van der Waals surface area contributed by atoms with E-state index < -0.39 is 0 Å². The lowest BCUT2D eigenvalue weighted by atomic mass is 9.43. The predicted octanol–water partition coefficient (Wildman–Crippen LogP) is 6.45. The molecule has 182 valence electrons. The minimum atomic E-state index is -0.156. The Kier molecular flexibility index (Phi) is 5.24. The van der Waals surface area contributed by atoms with E-state index in [9.17, 15) is 9.59 Å². The van der Waals surface area contributed by atoms with Crippen LogP contribution in [0.5, 0.6) is 0 Å². The van der Waals surface area contributed by atoms with Gasteiger partial charge in [0.05, 0.1) is 5.52 Å². The summed E-state index contributed by atoms with van der Waals surface area (Å²) in [5.74, 6) is 1.31. The Labute approximate surface area is 203 Å². The molecule has 4 heteroatoms. The second-order valence-electron chi connectivity index (χ2n) is 13.2. The van der Waals surface area contributed by atoms with Crippen molar-refractivity contribution >= 4 is 16.8 Å². The molecule has 5 saturated carbocycles. The first kappa shape index (κ1) is 22.4. The van der Waals surface area contributed by atoms with Crippen molar-refractivity contribution in [2.24, 2.45) is 22.7 Å². The molecule has 0 aliphatic heterocycles. The average Bonchev–Trinajstić information content (AvgIpc) is 2.76. The van der Waals surface area contributed by atoms with Gasteiger partial charge in [-0.3, -0.25) is 9.59 Å². The van der Waals surface area contributed by atoms with Crippen LogP contribution in [0.3, 0.4) is 0 Å². The third-order valence-electron chi connectivity index (χ3n) is 9.74. The highest BCUT2D eigenvalue weighted by Gasteiger charge is 2.60. The van der Waals surface area contributed by atoms with Gasteiger partial charge in [0.25, 0.3) is 5.91 Å². The molecule has 5 aliphatic carbocycles. The number of carbonyl (C=O) groups is 1. The minimum Gasteiger partial charge on any atom is -0.346 e. The van der Waals surface area contributed by atoms with Gasteiger partial charge in [-0.05, 0) is 79.7 Å². The van der Waals surface area contributed by atoms with E-state index in [1.807, 2.05) is 30.5 Å². The van der Waals surface area contributed by atoms with Gasteiger partial charge in [0.2, 0.25) is 5.43 Å². The van der Waals surface area contributed by atoms with Crippen molar-refractivity contribution in [3.8, 4) is 0 Å². The van der Waals surface area contributed by atoms with Gasteiger partial charge in [0, 0.05) is 23.7 Å². The van der Waals surface area contributed by atoms with E-state index in [1.165, 1.54) is 51.4 Å². The number of hydrogen-bond donors (Lipinski definition) is 1. The normalized spacial score (nSPS) is 35.1. The smallest absolute Gasteiger partial charge is 0.257 e. The molecule has 0 saturated heterocycles. The first-order valence-electron chi connectivity index (χ1n) is 13.7. The SMILES string of the molecule is C[C@]12CC3CC(NC(=O)c4cn(CCC5CCCCC5)c5ccccc5c4=O)(C1)C[C@@](C)(C3)C2. The number of hydrogen-bond acceptors (Lipinski definition) is 2. The molecule has 5 aliphatic rings. The van der Waals surface area contributed by atoms with Gasteiger partial charge in [-0.25, -0.2) is 0 Å². The summed E-state index contributed by atoms with van der Waals surface area (Å²) in [7, 11) is 0. The number of aryl methyl sites for hydroxylation is 1. The number of carbonyl (C=O) groups excluding carboxylic acids is 1. The summed E-state index contributed by atoms with van der Waals surface area (Å²) in [6, 6.07) is 7.82. The van der Waals surface area contributed by atoms with Crippen LogP contribution in [0, 0.1) is 22.7 Å². The average molecular weight is 461 g/mol. The molecular formula is C30H40N2O2. The molecule has 2 unspecified atom stereocenters. The lowest BCUT2D eigenvalue weighted by molar-refractivity contribution is -0.114. The van der Waals surface area contributed by atoms with Crippen LogP contribution in [0.2, 0.25) is 0 Å². The summed E-state index contributed by atoms with van der Waals surface area (Å²) < 4.78 is 2.18. The summed E-state index contributed by atoms with van der Waals surface area (Å²) >= 11 is 0. The zero-order valence-electron chi connectivity index (χ0n) is 21.0. The van der Waals surface area contributed by atoms with Crippen molar-refractivity contribution < 1.29 is 4.79 Å². The fourth-order valence-electron chi connectivity index (χ4n) is 9.38. The predicted molar refractivity (Wildman–Crippen MR) is 137 cm³/mol. The number of nitrogens with one attached hydrogen (secondary N) is 1. The van der Waals surface area contributed by atoms with E-state index >= 15 is 0 Å². The van der Waals surface area contributed by atoms with Gasteiger partial charge in [0.15, 0.2) is 0 Å². The maximum Gasteiger partial charge on any atom is 0.257 e. The van der Waals surface area contributed by atoms with E-state index in [1.54, 1.807) is 0 Å². The quantitative estimate of drug-likeness (QED) is 0.557. The van der Waals surface area contributed by atoms with Crippen molar-refractivity contribution in [2.75, 3.05) is 0 Å². The van der Waals surface area contributed by atoms with Crippen LogP contribution in [-0.4, -0.2) is 16.0 Å². The van der Waals surface area contributed by atoms with E-state index in [0.29, 0.717) is 27.7 Å². The molecule has 1 aromatic carbocycles. The Bertz CT molecular complexity index is 1160. The third-order valence-corrected chi connectivity index (χ3v) is 9.74. The molecule has 7 rings (SSSR count). The number of nitrogens with zero attached hydrogens (tertiary/aromatic N) is 1. The maximum absolute atomic E-state index is 13.7. The molecule has 34 heavy (non-hydrogen) atoms. The van der Waals surface area contributed by atoms with Gasteiger partial charge in [-0.2, -0.15) is 0 Å². The standard InChI is InChI=1S/C30H40N2O2/c1-28-14-22-15-29(2,18-28)20-30(16-22,19-28)31-27(34)24-17-32(13-12-21-8-4-3-5-9-21)25-11-7-6-10-23(25)26(24)33/h6-7,10-11,17,21-22H,3-5,8-9,12-16,18-20H2,1-2H3,(H,31,34)/t22?,28-,29+,30?. The van der Waals surface area contributed by atoms with Gasteiger partial charge < -0.3 is 9.88 Å². The second kappa shape index (κ2) is 7.96. The fourth-order valence-corrected chi connectivity index (χ4v) is 9.38. The number of benzene rings is 1. The van der Waals surface area contributed by atoms with Crippen LogP contribution in [0.4, 0.5) is 0 Å². The van der Waals surface area contributed by atoms with Gasteiger partial charge in [-0.1, -0.05) is 58.1 Å². The molecule has 4 atom stereocenters. The Morgan fingerprint density at radius 2 is 1.71 bits per heavy atom. The molecule has 0 radical (unpaired) electrons. The van der Waals surface area contributed by atoms with Crippen LogP contribution in [0.1, 0.15) is 101 Å². The maximum atomic E-state index is 13.7. The molecule has 4 bridgehead atoms. The minimum absolute atomic E-state index is 0.121. The summed E-state index contributed by atoms with van der Waals surface area (Å²) in [5.41, 5.74) is 1.66. The van der Waals surface area contributed by atoms with Gasteiger partial charge in [0.1, 0.15) is 5.56 Å². The molecule has 2 aromatic rings. The Morgan fingerprint density at radius 1 is 1.00 bits per heavy atom. The van der Waals surface area contributed by atoms with Crippen LogP contribution >= 0.6 is 0 Å². The topological polar surface area (TPSA) is 51.1 Å². The van der Waals surface area contributed by atoms with Gasteiger partial charge in [-0.15, -0.1) is 0 Å². The molecule has 5 fully saturated rings. The van der Waals surface area contributed by atoms with E-state index in [4.69, 9.17) is 0 Å². The monoisotopic (exact) mass is 460 g/mol. The van der Waals surface area contributed by atoms with Crippen LogP contribution in [0.25, 0.3) is 10.9 Å². The number of amides is 1. The van der Waals surface area contributed by atoms with E-state index in [2.05, 4.69) is 23.7 Å². The second-order valence-corrected chi connectivity index (χ2v) is 13.2. The van der Waals surface area contributed by atoms with Crippen molar-refractivity contribution in [1.82, 2.24) is 9.88 Å². The van der Waals surface area contributed by atoms with Crippen LogP contribution < -0.4 is 10.7 Å². The van der Waals surface area contributed by atoms with Crippen molar-refractivity contribution in [3.05, 3.63) is 46.2 Å². The van der Waals surface area contributed by atoms with Crippen LogP contribution in [0.15, 0.2) is 35.3 Å². The number of fused-ring (bicyclic) bond motifs is 1. The largest absolute Gasteiger partial charge is 0.346 e. The molecule has 1 heterocycles. The molecular weight excluding hydrogens is 420 g/mol. The van der Waals surface area contributed by atoms with Crippen molar-refractivity contribution in [1.29, 1.82) is 0 Å². The highest BCUT2D eigenvalue weighted by molar-refractivity contribution is 5.97. The Balaban J connectivity index is 1.31. The number of aromatic nitrogens is 1. The molecule has 1 aromatic heterocycles. The number of para-hydroxylation sites is 1. The van der Waals surface area contributed by atoms with Crippen molar-refractivity contribution in [3.63, 3.8) is 0 Å². The third kappa shape index (κ3) is 3.91. The molecule has 1 N–H and O–H groups in total. The molecule has 4 nitrogen and oxygen atoms in total. The van der Waals surface area contributed by atoms with Crippen molar-refractivity contribution in [2.45, 2.75) is 103 Å². The fraction of sp³-hybridized carbons (Fsp3) is 0.667. The Hall–Kier alpha value is -2.10. The first-order valence-corrected chi connectivity index (χ1v) is 13.7. The lowest BCUT2D eigenvalue weighted by Gasteiger charge is -2.65. The zero-order valence-corrected chi connectivity index (χ0v) is 21.0. The van der Waals surface area contributed by atoms with E-state index in [-0.39, 0.29) is 16.9 Å². The summed E-state index contributed by atoms with van der Waals surface area (Å²) in [6.45, 7) is 5.71. The molecule has 0 spiro atoms.